The largest absolute Gasteiger partial charge is 0.508 e. The van der Waals surface area contributed by atoms with E-state index in [2.05, 4.69) is 10.3 Å². The molecule has 4 nitrogen and oxygen atoms in total. The zero-order valence-corrected chi connectivity index (χ0v) is 10.3. The average Bonchev–Trinajstić information content (AvgIpc) is 2.82. The summed E-state index contributed by atoms with van der Waals surface area (Å²) in [4.78, 5) is 1.09. The first kappa shape index (κ1) is 11.1. The Labute approximate surface area is 108 Å². The number of para-hydroxylation sites is 1. The summed E-state index contributed by atoms with van der Waals surface area (Å²) in [6.45, 7) is 0. The molecule has 1 N–H and O–H groups in total. The molecule has 3 aromatic rings. The minimum Gasteiger partial charge on any atom is -0.508 e. The predicted octanol–water partition coefficient (Wildman–Crippen LogP) is 2.89. The molecule has 90 valence electrons. The zero-order chi connectivity index (χ0) is 12.4. The summed E-state index contributed by atoms with van der Waals surface area (Å²) in [5.74, 6) is 0.983. The standard InChI is InChI=1S/C13H11N3OS/c17-10-5-7-11(8-6-10)18-9-16-13-4-2-1-3-12(13)14-15-16/h1-8,17H,9H2. The molecule has 2 aromatic carbocycles. The van der Waals surface area contributed by atoms with Crippen molar-refractivity contribution in [1.82, 2.24) is 15.0 Å². The van der Waals surface area contributed by atoms with Crippen molar-refractivity contribution in [2.45, 2.75) is 10.8 Å². The van der Waals surface area contributed by atoms with Gasteiger partial charge in [-0.25, -0.2) is 4.68 Å². The van der Waals surface area contributed by atoms with Gasteiger partial charge in [0.1, 0.15) is 11.3 Å². The van der Waals surface area contributed by atoms with Crippen LogP contribution in [0.5, 0.6) is 5.75 Å². The van der Waals surface area contributed by atoms with Crippen molar-refractivity contribution in [3.05, 3.63) is 48.5 Å². The Morgan fingerprint density at radius 3 is 2.67 bits per heavy atom. The van der Waals surface area contributed by atoms with E-state index in [0.29, 0.717) is 5.88 Å². The third kappa shape index (κ3) is 2.17. The fraction of sp³-hybridized carbons (Fsp3) is 0.0769. The average molecular weight is 257 g/mol. The molecular formula is C13H11N3OS. The number of benzene rings is 2. The fourth-order valence-electron chi connectivity index (χ4n) is 1.69. The number of fused-ring (bicyclic) bond motifs is 1. The van der Waals surface area contributed by atoms with Gasteiger partial charge in [0.15, 0.2) is 0 Å². The van der Waals surface area contributed by atoms with E-state index in [1.54, 1.807) is 23.9 Å². The van der Waals surface area contributed by atoms with Crippen molar-refractivity contribution in [3.63, 3.8) is 0 Å². The second-order valence-electron chi connectivity index (χ2n) is 3.85. The molecule has 0 saturated carbocycles. The molecule has 1 aromatic heterocycles. The number of nitrogens with zero attached hydrogens (tertiary/aromatic N) is 3. The minimum atomic E-state index is 0.283. The summed E-state index contributed by atoms with van der Waals surface area (Å²) in [7, 11) is 0. The molecule has 0 radical (unpaired) electrons. The molecule has 0 saturated heterocycles. The SMILES string of the molecule is Oc1ccc(SCn2nnc3ccccc32)cc1. The van der Waals surface area contributed by atoms with E-state index in [9.17, 15) is 5.11 Å². The number of aromatic hydroxyl groups is 1. The highest BCUT2D eigenvalue weighted by Gasteiger charge is 2.03. The van der Waals surface area contributed by atoms with E-state index in [4.69, 9.17) is 0 Å². The lowest BCUT2D eigenvalue weighted by molar-refractivity contribution is 0.475. The number of thioether (sulfide) groups is 1. The van der Waals surface area contributed by atoms with Crippen molar-refractivity contribution in [2.75, 3.05) is 0 Å². The van der Waals surface area contributed by atoms with Crippen LogP contribution in [0.3, 0.4) is 0 Å². The Bertz CT molecular complexity index is 663. The number of hydrogen-bond acceptors (Lipinski definition) is 4. The lowest BCUT2D eigenvalue weighted by Gasteiger charge is -2.02. The van der Waals surface area contributed by atoms with Crippen molar-refractivity contribution in [1.29, 1.82) is 0 Å². The van der Waals surface area contributed by atoms with E-state index in [0.717, 1.165) is 15.9 Å². The molecule has 0 spiro atoms. The molecule has 0 atom stereocenters. The van der Waals surface area contributed by atoms with E-state index in [1.807, 2.05) is 41.1 Å². The molecular weight excluding hydrogens is 246 g/mol. The molecule has 1 heterocycles. The topological polar surface area (TPSA) is 50.9 Å². The van der Waals surface area contributed by atoms with Gasteiger partial charge in [-0.1, -0.05) is 17.3 Å². The highest BCUT2D eigenvalue weighted by atomic mass is 32.2. The lowest BCUT2D eigenvalue weighted by atomic mass is 10.3. The third-order valence-electron chi connectivity index (χ3n) is 2.61. The Hall–Kier alpha value is -2.01. The van der Waals surface area contributed by atoms with Crippen molar-refractivity contribution in [2.24, 2.45) is 0 Å². The smallest absolute Gasteiger partial charge is 0.115 e. The van der Waals surface area contributed by atoms with Crippen LogP contribution in [0.1, 0.15) is 0 Å². The normalized spacial score (nSPS) is 10.9. The van der Waals surface area contributed by atoms with Gasteiger partial charge < -0.3 is 5.11 Å². The zero-order valence-electron chi connectivity index (χ0n) is 9.52. The van der Waals surface area contributed by atoms with Crippen LogP contribution in [-0.2, 0) is 5.88 Å². The molecule has 18 heavy (non-hydrogen) atoms. The quantitative estimate of drug-likeness (QED) is 0.733. The molecule has 0 unspecified atom stereocenters. The molecule has 3 rings (SSSR count). The van der Waals surface area contributed by atoms with Gasteiger partial charge in [-0.15, -0.1) is 16.9 Å². The Morgan fingerprint density at radius 2 is 1.83 bits per heavy atom. The first-order valence-electron chi connectivity index (χ1n) is 5.53. The first-order chi connectivity index (χ1) is 8.83. The van der Waals surface area contributed by atoms with Gasteiger partial charge in [0, 0.05) is 4.90 Å². The number of phenols is 1. The Morgan fingerprint density at radius 1 is 1.06 bits per heavy atom. The maximum atomic E-state index is 9.21. The van der Waals surface area contributed by atoms with Crippen LogP contribution < -0.4 is 0 Å². The fourth-order valence-corrected chi connectivity index (χ4v) is 2.48. The molecule has 0 aliphatic rings. The van der Waals surface area contributed by atoms with Crippen molar-refractivity contribution >= 4 is 22.8 Å². The molecule has 0 aliphatic heterocycles. The van der Waals surface area contributed by atoms with Crippen LogP contribution in [-0.4, -0.2) is 20.1 Å². The Kier molecular flexibility index (Phi) is 2.90. The molecule has 0 fully saturated rings. The molecule has 0 bridgehead atoms. The van der Waals surface area contributed by atoms with Crippen LogP contribution in [0.4, 0.5) is 0 Å². The number of rotatable bonds is 3. The summed E-state index contributed by atoms with van der Waals surface area (Å²) < 4.78 is 1.87. The summed E-state index contributed by atoms with van der Waals surface area (Å²) in [5.41, 5.74) is 1.94. The van der Waals surface area contributed by atoms with Crippen LogP contribution >= 0.6 is 11.8 Å². The van der Waals surface area contributed by atoms with Crippen LogP contribution in [0, 0.1) is 0 Å². The highest BCUT2D eigenvalue weighted by molar-refractivity contribution is 7.98. The number of aromatic nitrogens is 3. The second-order valence-corrected chi connectivity index (χ2v) is 4.86. The highest BCUT2D eigenvalue weighted by Crippen LogP contribution is 2.23. The second kappa shape index (κ2) is 4.70. The summed E-state index contributed by atoms with van der Waals surface area (Å²) in [5, 5.41) is 17.4. The summed E-state index contributed by atoms with van der Waals surface area (Å²) >= 11 is 1.65. The van der Waals surface area contributed by atoms with E-state index >= 15 is 0 Å². The van der Waals surface area contributed by atoms with Gasteiger partial charge in [-0.05, 0) is 36.4 Å². The third-order valence-corrected chi connectivity index (χ3v) is 3.59. The minimum absolute atomic E-state index is 0.283. The number of phenolic OH excluding ortho intramolecular Hbond substituents is 1. The number of hydrogen-bond donors (Lipinski definition) is 1. The molecule has 0 aliphatic carbocycles. The van der Waals surface area contributed by atoms with Gasteiger partial charge >= 0.3 is 0 Å². The Balaban J connectivity index is 1.79. The summed E-state index contributed by atoms with van der Waals surface area (Å²) in [6.07, 6.45) is 0. The van der Waals surface area contributed by atoms with Crippen LogP contribution in [0.15, 0.2) is 53.4 Å². The van der Waals surface area contributed by atoms with Gasteiger partial charge in [0.2, 0.25) is 0 Å². The summed E-state index contributed by atoms with van der Waals surface area (Å²) in [6, 6.07) is 15.0. The first-order valence-corrected chi connectivity index (χ1v) is 6.51. The van der Waals surface area contributed by atoms with Gasteiger partial charge in [0.25, 0.3) is 0 Å². The van der Waals surface area contributed by atoms with Crippen LogP contribution in [0.2, 0.25) is 0 Å². The van der Waals surface area contributed by atoms with Crippen molar-refractivity contribution < 1.29 is 5.11 Å². The molecule has 5 heteroatoms. The predicted molar refractivity (Wildman–Crippen MR) is 71.5 cm³/mol. The van der Waals surface area contributed by atoms with E-state index in [-0.39, 0.29) is 5.75 Å². The monoisotopic (exact) mass is 257 g/mol. The van der Waals surface area contributed by atoms with E-state index in [1.165, 1.54) is 0 Å². The van der Waals surface area contributed by atoms with Crippen LogP contribution in [0.25, 0.3) is 11.0 Å². The van der Waals surface area contributed by atoms with Gasteiger partial charge in [-0.2, -0.15) is 0 Å². The van der Waals surface area contributed by atoms with Gasteiger partial charge in [-0.3, -0.25) is 0 Å². The maximum Gasteiger partial charge on any atom is 0.115 e. The molecule has 0 amide bonds. The van der Waals surface area contributed by atoms with Crippen molar-refractivity contribution in [3.8, 4) is 5.75 Å². The maximum absolute atomic E-state index is 9.21. The van der Waals surface area contributed by atoms with Gasteiger partial charge in [0.05, 0.1) is 11.4 Å². The lowest BCUT2D eigenvalue weighted by Crippen LogP contribution is -1.96. The van der Waals surface area contributed by atoms with E-state index < -0.39 is 0 Å².